The van der Waals surface area contributed by atoms with Crippen LogP contribution in [0.5, 0.6) is 0 Å². The maximum Gasteiger partial charge on any atom is 0.123 e. The van der Waals surface area contributed by atoms with E-state index in [4.69, 9.17) is 0 Å². The zero-order valence-electron chi connectivity index (χ0n) is 18.0. The van der Waals surface area contributed by atoms with Gasteiger partial charge in [-0.3, -0.25) is 0 Å². The van der Waals surface area contributed by atoms with E-state index in [1.807, 2.05) is 48.5 Å². The van der Waals surface area contributed by atoms with Crippen molar-refractivity contribution in [2.24, 2.45) is 0 Å². The molecular formula is C31H22F2. The lowest BCUT2D eigenvalue weighted by atomic mass is 9.58. The van der Waals surface area contributed by atoms with Gasteiger partial charge in [0.15, 0.2) is 0 Å². The first-order valence-corrected chi connectivity index (χ1v) is 11.3. The molecule has 33 heavy (non-hydrogen) atoms. The van der Waals surface area contributed by atoms with Crippen LogP contribution in [0.4, 0.5) is 8.78 Å². The smallest absolute Gasteiger partial charge is 0.123 e. The molecule has 0 spiro atoms. The van der Waals surface area contributed by atoms with E-state index in [0.717, 1.165) is 39.8 Å². The maximum absolute atomic E-state index is 14.7. The molecule has 160 valence electrons. The molecule has 6 rings (SSSR count). The Morgan fingerprint density at radius 1 is 0.636 bits per heavy atom. The first-order chi connectivity index (χ1) is 16.2. The molecule has 0 amide bonds. The number of hydrogen-bond donors (Lipinski definition) is 0. The van der Waals surface area contributed by atoms with E-state index >= 15 is 0 Å². The van der Waals surface area contributed by atoms with E-state index in [9.17, 15) is 8.78 Å². The number of rotatable bonds is 4. The summed E-state index contributed by atoms with van der Waals surface area (Å²) in [5.41, 5.74) is 6.57. The number of allylic oxidation sites excluding steroid dienone is 4. The van der Waals surface area contributed by atoms with Gasteiger partial charge in [0.25, 0.3) is 0 Å². The van der Waals surface area contributed by atoms with Crippen molar-refractivity contribution in [1.29, 1.82) is 0 Å². The highest BCUT2D eigenvalue weighted by atomic mass is 19.1. The topological polar surface area (TPSA) is 0 Å². The third-order valence-corrected chi connectivity index (χ3v) is 7.11. The second-order valence-electron chi connectivity index (χ2n) is 8.76. The van der Waals surface area contributed by atoms with Crippen LogP contribution < -0.4 is 0 Å². The van der Waals surface area contributed by atoms with Crippen molar-refractivity contribution in [3.05, 3.63) is 155 Å². The molecule has 2 aliphatic carbocycles. The van der Waals surface area contributed by atoms with E-state index in [0.29, 0.717) is 0 Å². The fourth-order valence-electron chi connectivity index (χ4n) is 5.87. The average Bonchev–Trinajstić information content (AvgIpc) is 3.49. The first-order valence-electron chi connectivity index (χ1n) is 11.3. The number of hydrogen-bond acceptors (Lipinski definition) is 0. The normalized spacial score (nSPS) is 14.8. The van der Waals surface area contributed by atoms with Gasteiger partial charge in [-0.2, -0.15) is 0 Å². The van der Waals surface area contributed by atoms with E-state index in [1.165, 1.54) is 17.7 Å². The average molecular weight is 433 g/mol. The number of benzene rings is 4. The highest BCUT2D eigenvalue weighted by Gasteiger charge is 2.50. The monoisotopic (exact) mass is 432 g/mol. The summed E-state index contributed by atoms with van der Waals surface area (Å²) in [5.74, 6) is -0.828. The van der Waals surface area contributed by atoms with Gasteiger partial charge in [-0.15, -0.1) is 0 Å². The van der Waals surface area contributed by atoms with Gasteiger partial charge in [-0.25, -0.2) is 8.78 Å². The molecule has 0 aliphatic heterocycles. The Kier molecular flexibility index (Phi) is 4.62. The second-order valence-corrected chi connectivity index (χ2v) is 8.76. The fraction of sp³-hybridized carbons (Fsp3) is 0.0968. The molecule has 2 heteroatoms. The van der Waals surface area contributed by atoms with Crippen molar-refractivity contribution in [3.8, 4) is 11.1 Å². The van der Waals surface area contributed by atoms with Crippen LogP contribution >= 0.6 is 0 Å². The van der Waals surface area contributed by atoms with Crippen LogP contribution in [0.25, 0.3) is 11.1 Å². The zero-order valence-corrected chi connectivity index (χ0v) is 18.0. The van der Waals surface area contributed by atoms with E-state index in [-0.39, 0.29) is 17.6 Å². The van der Waals surface area contributed by atoms with Gasteiger partial charge in [0.05, 0.1) is 5.41 Å². The summed E-state index contributed by atoms with van der Waals surface area (Å²) < 4.78 is 29.4. The van der Waals surface area contributed by atoms with Crippen molar-refractivity contribution < 1.29 is 8.78 Å². The number of halogens is 2. The molecule has 4 aromatic rings. The molecule has 0 fully saturated rings. The van der Waals surface area contributed by atoms with Crippen molar-refractivity contribution in [1.82, 2.24) is 0 Å². The van der Waals surface area contributed by atoms with Crippen LogP contribution in [-0.2, 0) is 5.41 Å². The first kappa shape index (κ1) is 19.9. The molecule has 0 saturated heterocycles. The highest BCUT2D eigenvalue weighted by Crippen LogP contribution is 2.60. The molecule has 4 aromatic carbocycles. The lowest BCUT2D eigenvalue weighted by Crippen LogP contribution is -2.37. The standard InChI is InChI=1S/C31H22F2/c32-24-15-17-26-27-18-16-25(33)20-29(27)30(28(26)19-24)31(23-13-7-8-14-23,21-9-3-1-4-10-21)22-11-5-2-6-12-22/h1-13,15-20,30H,14H2. The van der Waals surface area contributed by atoms with Gasteiger partial charge >= 0.3 is 0 Å². The minimum absolute atomic E-state index is 0.273. The Labute approximate surface area is 192 Å². The van der Waals surface area contributed by atoms with Gasteiger partial charge in [0.1, 0.15) is 11.6 Å². The van der Waals surface area contributed by atoms with Crippen LogP contribution in [0.15, 0.2) is 121 Å². The predicted octanol–water partition coefficient (Wildman–Crippen LogP) is 7.95. The largest absolute Gasteiger partial charge is 0.207 e. The summed E-state index contributed by atoms with van der Waals surface area (Å²) in [7, 11) is 0. The van der Waals surface area contributed by atoms with Gasteiger partial charge in [-0.1, -0.05) is 96.6 Å². The van der Waals surface area contributed by atoms with Crippen LogP contribution in [0, 0.1) is 11.6 Å². The summed E-state index contributed by atoms with van der Waals surface area (Å²) in [4.78, 5) is 0. The molecule has 0 nitrogen and oxygen atoms in total. The van der Waals surface area contributed by atoms with E-state index < -0.39 is 5.41 Å². The fourth-order valence-corrected chi connectivity index (χ4v) is 5.87. The third-order valence-electron chi connectivity index (χ3n) is 7.11. The van der Waals surface area contributed by atoms with Gasteiger partial charge in [0, 0.05) is 5.92 Å². The second kappa shape index (κ2) is 7.67. The molecular weight excluding hydrogens is 410 g/mol. The van der Waals surface area contributed by atoms with Crippen LogP contribution in [0.3, 0.4) is 0 Å². The van der Waals surface area contributed by atoms with E-state index in [2.05, 4.69) is 42.5 Å². The summed E-state index contributed by atoms with van der Waals surface area (Å²) in [5, 5.41) is 0. The maximum atomic E-state index is 14.7. The van der Waals surface area contributed by atoms with E-state index in [1.54, 1.807) is 12.1 Å². The quantitative estimate of drug-likeness (QED) is 0.307. The molecule has 0 heterocycles. The van der Waals surface area contributed by atoms with Crippen molar-refractivity contribution in [3.63, 3.8) is 0 Å². The van der Waals surface area contributed by atoms with Gasteiger partial charge in [-0.05, 0) is 64.1 Å². The Balaban J connectivity index is 1.77. The minimum Gasteiger partial charge on any atom is -0.207 e. The molecule has 0 radical (unpaired) electrons. The van der Waals surface area contributed by atoms with Crippen LogP contribution in [0.1, 0.15) is 34.6 Å². The third kappa shape index (κ3) is 2.94. The minimum atomic E-state index is -0.617. The highest BCUT2D eigenvalue weighted by molar-refractivity contribution is 5.81. The molecule has 0 unspecified atom stereocenters. The van der Waals surface area contributed by atoms with Gasteiger partial charge < -0.3 is 0 Å². The SMILES string of the molecule is Fc1ccc2c(c1)C(C(C1=CC=CC1)(c1ccccc1)c1ccccc1)c1cc(F)ccc1-2. The van der Waals surface area contributed by atoms with Crippen molar-refractivity contribution in [2.45, 2.75) is 17.8 Å². The molecule has 2 aliphatic rings. The van der Waals surface area contributed by atoms with Gasteiger partial charge in [0.2, 0.25) is 0 Å². The zero-order chi connectivity index (χ0) is 22.4. The van der Waals surface area contributed by atoms with Crippen molar-refractivity contribution >= 4 is 0 Å². The summed E-state index contributed by atoms with van der Waals surface area (Å²) in [6.45, 7) is 0. The summed E-state index contributed by atoms with van der Waals surface area (Å²) in [6.07, 6.45) is 7.21. The Bertz CT molecular complexity index is 1310. The predicted molar refractivity (Wildman–Crippen MR) is 129 cm³/mol. The molecule has 0 saturated carbocycles. The van der Waals surface area contributed by atoms with Crippen LogP contribution in [0.2, 0.25) is 0 Å². The lowest BCUT2D eigenvalue weighted by molar-refractivity contribution is 0.520. The molecule has 0 N–H and O–H groups in total. The Morgan fingerprint density at radius 3 is 1.61 bits per heavy atom. The Hall–Kier alpha value is -3.78. The molecule has 0 bridgehead atoms. The number of fused-ring (bicyclic) bond motifs is 3. The Morgan fingerprint density at radius 2 is 1.15 bits per heavy atom. The lowest BCUT2D eigenvalue weighted by Gasteiger charge is -2.43. The summed E-state index contributed by atoms with van der Waals surface area (Å²) >= 11 is 0. The van der Waals surface area contributed by atoms with Crippen molar-refractivity contribution in [2.75, 3.05) is 0 Å². The molecule has 0 atom stereocenters. The molecule has 0 aromatic heterocycles. The summed E-state index contributed by atoms with van der Waals surface area (Å²) in [6, 6.07) is 30.7. The van der Waals surface area contributed by atoms with Crippen LogP contribution in [-0.4, -0.2) is 0 Å².